The Morgan fingerprint density at radius 2 is 1.96 bits per heavy atom. The van der Waals surface area contributed by atoms with Crippen molar-refractivity contribution in [3.8, 4) is 0 Å². The number of hydrazine groups is 1. The first-order valence-corrected chi connectivity index (χ1v) is 8.64. The number of rotatable bonds is 6. The molecule has 2 aliphatic heterocycles. The Kier molecular flexibility index (Phi) is 5.53. The second-order valence-electron chi connectivity index (χ2n) is 6.57. The van der Waals surface area contributed by atoms with Crippen molar-refractivity contribution >= 4 is 18.2 Å². The number of ether oxygens (including phenoxy) is 1. The van der Waals surface area contributed by atoms with Gasteiger partial charge in [0.05, 0.1) is 19.7 Å². The predicted octanol–water partition coefficient (Wildman–Crippen LogP) is -0.440. The third kappa shape index (κ3) is 3.42. The van der Waals surface area contributed by atoms with Gasteiger partial charge < -0.3 is 14.5 Å². The van der Waals surface area contributed by atoms with Crippen molar-refractivity contribution < 1.29 is 19.1 Å². The first-order chi connectivity index (χ1) is 12.6. The molecule has 0 saturated carbocycles. The Bertz CT molecular complexity index is 668. The lowest BCUT2D eigenvalue weighted by molar-refractivity contribution is -0.196. The molecule has 140 valence electrons. The minimum Gasteiger partial charge on any atom is -0.383 e. The smallest absolute Gasteiger partial charge is 0.246 e. The fourth-order valence-corrected chi connectivity index (χ4v) is 3.63. The first-order valence-electron chi connectivity index (χ1n) is 8.64. The Labute approximate surface area is 152 Å². The Hall–Kier alpha value is -2.45. The van der Waals surface area contributed by atoms with Crippen LogP contribution in [0.5, 0.6) is 0 Å². The zero-order chi connectivity index (χ0) is 18.7. The first kappa shape index (κ1) is 18.3. The van der Waals surface area contributed by atoms with Crippen molar-refractivity contribution in [1.29, 1.82) is 0 Å². The van der Waals surface area contributed by atoms with Crippen LogP contribution in [0.4, 0.5) is 0 Å². The average Bonchev–Trinajstić information content (AvgIpc) is 2.63. The number of benzene rings is 1. The van der Waals surface area contributed by atoms with E-state index in [1.807, 2.05) is 30.3 Å². The fourth-order valence-electron chi connectivity index (χ4n) is 3.63. The van der Waals surface area contributed by atoms with Crippen LogP contribution in [-0.4, -0.2) is 90.6 Å². The van der Waals surface area contributed by atoms with Gasteiger partial charge in [0.2, 0.25) is 18.2 Å². The number of piperazine rings is 1. The molecule has 0 aromatic heterocycles. The van der Waals surface area contributed by atoms with Gasteiger partial charge in [0.1, 0.15) is 12.2 Å². The largest absolute Gasteiger partial charge is 0.383 e. The quantitative estimate of drug-likeness (QED) is 0.643. The van der Waals surface area contributed by atoms with Gasteiger partial charge >= 0.3 is 0 Å². The lowest BCUT2D eigenvalue weighted by atomic mass is 9.99. The number of nitrogens with zero attached hydrogens (tertiary/aromatic N) is 4. The minimum atomic E-state index is -0.628. The maximum absolute atomic E-state index is 13.1. The summed E-state index contributed by atoms with van der Waals surface area (Å²) in [5, 5.41) is 3.09. The molecule has 0 spiro atoms. The van der Waals surface area contributed by atoms with E-state index in [0.29, 0.717) is 26.0 Å². The van der Waals surface area contributed by atoms with Gasteiger partial charge in [-0.15, -0.1) is 0 Å². The monoisotopic (exact) mass is 360 g/mol. The standard InChI is InChI=1S/C18H24N4O4/c1-19-12-17(24)22-15(10-14-6-4-3-5-7-14)18(25)20(8-9-26-2)11-16(22)21(19)13-23/h3-7,13,15-16H,8-12H2,1-2H3/t15-,16?/m0/s1. The lowest BCUT2D eigenvalue weighted by Gasteiger charge is -2.53. The molecule has 1 aromatic rings. The second kappa shape index (κ2) is 7.84. The van der Waals surface area contributed by atoms with Crippen molar-refractivity contribution in [1.82, 2.24) is 19.8 Å². The molecular formula is C18H24N4O4. The van der Waals surface area contributed by atoms with Crippen molar-refractivity contribution in [3.63, 3.8) is 0 Å². The molecule has 2 atom stereocenters. The third-order valence-electron chi connectivity index (χ3n) is 4.93. The van der Waals surface area contributed by atoms with Gasteiger partial charge in [-0.3, -0.25) is 19.4 Å². The zero-order valence-electron chi connectivity index (χ0n) is 15.1. The van der Waals surface area contributed by atoms with E-state index in [2.05, 4.69) is 0 Å². The highest BCUT2D eigenvalue weighted by molar-refractivity contribution is 5.91. The number of carbonyl (C=O) groups excluding carboxylic acids is 3. The van der Waals surface area contributed by atoms with E-state index in [0.717, 1.165) is 5.56 Å². The van der Waals surface area contributed by atoms with Gasteiger partial charge in [-0.2, -0.15) is 0 Å². The Morgan fingerprint density at radius 3 is 2.62 bits per heavy atom. The SMILES string of the molecule is COCCN1CC2N(C(=O)CN(C)N2C=O)[C@@H](Cc2ccccc2)C1=O. The molecule has 2 saturated heterocycles. The normalized spacial score (nSPS) is 24.0. The van der Waals surface area contributed by atoms with Crippen LogP contribution in [-0.2, 0) is 25.5 Å². The molecule has 2 heterocycles. The lowest BCUT2D eigenvalue weighted by Crippen LogP contribution is -2.74. The summed E-state index contributed by atoms with van der Waals surface area (Å²) in [5.74, 6) is -0.248. The molecule has 0 aliphatic carbocycles. The van der Waals surface area contributed by atoms with E-state index in [1.54, 1.807) is 29.0 Å². The third-order valence-corrected chi connectivity index (χ3v) is 4.93. The summed E-state index contributed by atoms with van der Waals surface area (Å²) in [4.78, 5) is 40.7. The Balaban J connectivity index is 1.93. The van der Waals surface area contributed by atoms with E-state index in [9.17, 15) is 14.4 Å². The molecule has 8 heteroatoms. The maximum Gasteiger partial charge on any atom is 0.246 e. The highest BCUT2D eigenvalue weighted by Gasteiger charge is 2.48. The van der Waals surface area contributed by atoms with Gasteiger partial charge in [0.25, 0.3) is 0 Å². The minimum absolute atomic E-state index is 0.0753. The molecule has 1 unspecified atom stereocenters. The van der Waals surface area contributed by atoms with Crippen molar-refractivity contribution in [2.45, 2.75) is 18.6 Å². The van der Waals surface area contributed by atoms with Gasteiger partial charge in [0, 0.05) is 27.1 Å². The van der Waals surface area contributed by atoms with Gasteiger partial charge in [-0.1, -0.05) is 30.3 Å². The summed E-state index contributed by atoms with van der Waals surface area (Å²) in [6.07, 6.45) is 0.637. The summed E-state index contributed by atoms with van der Waals surface area (Å²) < 4.78 is 5.11. The second-order valence-corrected chi connectivity index (χ2v) is 6.57. The molecule has 2 fully saturated rings. The van der Waals surface area contributed by atoms with Gasteiger partial charge in [-0.25, -0.2) is 5.01 Å². The average molecular weight is 360 g/mol. The van der Waals surface area contributed by atoms with E-state index >= 15 is 0 Å². The van der Waals surface area contributed by atoms with Crippen LogP contribution in [0.1, 0.15) is 5.56 Å². The topological polar surface area (TPSA) is 73.4 Å². The van der Waals surface area contributed by atoms with Crippen LogP contribution >= 0.6 is 0 Å². The molecule has 0 bridgehead atoms. The van der Waals surface area contributed by atoms with Gasteiger partial charge in [-0.05, 0) is 5.56 Å². The van der Waals surface area contributed by atoms with Crippen LogP contribution < -0.4 is 0 Å². The maximum atomic E-state index is 13.1. The van der Waals surface area contributed by atoms with Crippen LogP contribution in [0.15, 0.2) is 30.3 Å². The summed E-state index contributed by atoms with van der Waals surface area (Å²) in [6.45, 7) is 1.19. The van der Waals surface area contributed by atoms with E-state index < -0.39 is 12.2 Å². The molecule has 3 rings (SSSR count). The van der Waals surface area contributed by atoms with Crippen molar-refractivity contribution in [2.24, 2.45) is 0 Å². The van der Waals surface area contributed by atoms with Crippen molar-refractivity contribution in [2.75, 3.05) is 40.4 Å². The zero-order valence-corrected chi connectivity index (χ0v) is 15.1. The molecule has 0 N–H and O–H groups in total. The van der Waals surface area contributed by atoms with E-state index in [-0.39, 0.29) is 24.9 Å². The van der Waals surface area contributed by atoms with Crippen LogP contribution in [0.2, 0.25) is 0 Å². The molecule has 26 heavy (non-hydrogen) atoms. The molecule has 8 nitrogen and oxygen atoms in total. The van der Waals surface area contributed by atoms with E-state index in [4.69, 9.17) is 4.74 Å². The van der Waals surface area contributed by atoms with Crippen LogP contribution in [0.3, 0.4) is 0 Å². The molecule has 2 aliphatic rings. The highest BCUT2D eigenvalue weighted by atomic mass is 16.5. The number of hydrogen-bond donors (Lipinski definition) is 0. The summed E-state index contributed by atoms with van der Waals surface area (Å²) >= 11 is 0. The van der Waals surface area contributed by atoms with Crippen LogP contribution in [0, 0.1) is 0 Å². The highest BCUT2D eigenvalue weighted by Crippen LogP contribution is 2.26. The number of methoxy groups -OCH3 is 1. The number of amides is 3. The summed E-state index contributed by atoms with van der Waals surface area (Å²) in [5.41, 5.74) is 0.975. The summed E-state index contributed by atoms with van der Waals surface area (Å²) in [7, 11) is 3.28. The van der Waals surface area contributed by atoms with E-state index in [1.165, 1.54) is 5.01 Å². The number of likely N-dealkylation sites (N-methyl/N-ethyl adjacent to an activating group) is 1. The number of hydrogen-bond acceptors (Lipinski definition) is 5. The van der Waals surface area contributed by atoms with Crippen LogP contribution in [0.25, 0.3) is 0 Å². The number of fused-ring (bicyclic) bond motifs is 1. The Morgan fingerprint density at radius 1 is 1.23 bits per heavy atom. The van der Waals surface area contributed by atoms with Gasteiger partial charge in [0.15, 0.2) is 0 Å². The summed E-state index contributed by atoms with van der Waals surface area (Å²) in [6, 6.07) is 8.98. The molecule has 1 aromatic carbocycles. The molecule has 0 radical (unpaired) electrons. The molecular weight excluding hydrogens is 336 g/mol. The number of carbonyl (C=O) groups is 3. The molecule has 3 amide bonds. The van der Waals surface area contributed by atoms with Crippen molar-refractivity contribution in [3.05, 3.63) is 35.9 Å². The predicted molar refractivity (Wildman–Crippen MR) is 93.6 cm³/mol. The fraction of sp³-hybridized carbons (Fsp3) is 0.500.